The maximum Gasteiger partial charge on any atom is 0.331 e. The van der Waals surface area contributed by atoms with Gasteiger partial charge >= 0.3 is 5.69 Å². The zero-order valence-corrected chi connectivity index (χ0v) is 18.7. The lowest BCUT2D eigenvalue weighted by Crippen LogP contribution is -2.31. The number of rotatable bonds is 3. The first kappa shape index (κ1) is 21.6. The fourth-order valence-corrected chi connectivity index (χ4v) is 4.99. The van der Waals surface area contributed by atoms with Crippen LogP contribution in [0.4, 0.5) is 4.39 Å². The van der Waals surface area contributed by atoms with Crippen LogP contribution in [0.3, 0.4) is 0 Å². The summed E-state index contributed by atoms with van der Waals surface area (Å²) in [5.41, 5.74) is 2.53. The highest BCUT2D eigenvalue weighted by molar-refractivity contribution is 5.79. The van der Waals surface area contributed by atoms with Crippen LogP contribution in [-0.2, 0) is 6.54 Å². The first-order valence-corrected chi connectivity index (χ1v) is 11.2. The summed E-state index contributed by atoms with van der Waals surface area (Å²) in [6, 6.07) is 13.1. The Kier molecular flexibility index (Phi) is 4.88. The monoisotopic (exact) mass is 480 g/mol. The molecular formula is C25H17FN8O2. The fraction of sp³-hybridized carbons (Fsp3) is 0.200. The fourth-order valence-electron chi connectivity index (χ4n) is 4.99. The molecule has 2 atom stereocenters. The van der Waals surface area contributed by atoms with Crippen molar-refractivity contribution in [2.75, 3.05) is 0 Å². The molecule has 0 amide bonds. The van der Waals surface area contributed by atoms with Crippen LogP contribution < -0.4 is 5.69 Å². The number of aliphatic hydroxyl groups is 1. The Morgan fingerprint density at radius 3 is 2.81 bits per heavy atom. The van der Waals surface area contributed by atoms with Crippen molar-refractivity contribution in [3.63, 3.8) is 0 Å². The van der Waals surface area contributed by atoms with Gasteiger partial charge in [0.2, 0.25) is 5.95 Å². The second kappa shape index (κ2) is 8.12. The van der Waals surface area contributed by atoms with Crippen molar-refractivity contribution in [3.8, 4) is 18.1 Å². The van der Waals surface area contributed by atoms with Gasteiger partial charge in [0, 0.05) is 5.56 Å². The van der Waals surface area contributed by atoms with Gasteiger partial charge in [-0.25, -0.2) is 19.2 Å². The van der Waals surface area contributed by atoms with Gasteiger partial charge in [-0.15, -0.1) is 0 Å². The maximum absolute atomic E-state index is 14.7. The molecule has 10 nitrogen and oxygen atoms in total. The number of aliphatic hydroxyl groups excluding tert-OH is 1. The second-order valence-corrected chi connectivity index (χ2v) is 8.56. The summed E-state index contributed by atoms with van der Waals surface area (Å²) in [5, 5.41) is 29.1. The van der Waals surface area contributed by atoms with Gasteiger partial charge in [-0.1, -0.05) is 12.1 Å². The molecule has 3 heterocycles. The average Bonchev–Trinajstić information content (AvgIpc) is 3.43. The number of hydrogen-bond acceptors (Lipinski definition) is 7. The van der Waals surface area contributed by atoms with Crippen molar-refractivity contribution in [2.24, 2.45) is 0 Å². The van der Waals surface area contributed by atoms with Crippen LogP contribution in [0, 0.1) is 28.5 Å². The first-order chi connectivity index (χ1) is 17.5. The zero-order chi connectivity index (χ0) is 25.0. The molecule has 6 rings (SSSR count). The molecule has 11 heteroatoms. The van der Waals surface area contributed by atoms with Crippen LogP contribution in [-0.4, -0.2) is 33.8 Å². The Bertz CT molecular complexity index is 1820. The Morgan fingerprint density at radius 1 is 1.14 bits per heavy atom. The molecule has 0 spiro atoms. The van der Waals surface area contributed by atoms with Crippen molar-refractivity contribution < 1.29 is 9.50 Å². The van der Waals surface area contributed by atoms with Crippen molar-refractivity contribution >= 4 is 22.2 Å². The summed E-state index contributed by atoms with van der Waals surface area (Å²) in [6.07, 6.45) is 2.66. The summed E-state index contributed by atoms with van der Waals surface area (Å²) in [7, 11) is 0. The van der Waals surface area contributed by atoms with Crippen molar-refractivity contribution in [2.45, 2.75) is 31.5 Å². The van der Waals surface area contributed by atoms with Crippen LogP contribution in [0.15, 0.2) is 53.7 Å². The molecule has 0 fully saturated rings. The minimum atomic E-state index is -0.975. The quantitative estimate of drug-likeness (QED) is 0.419. The topological polar surface area (TPSA) is 138 Å². The van der Waals surface area contributed by atoms with E-state index in [2.05, 4.69) is 21.0 Å². The standard InChI is InChI=1S/C25H17FN8O2/c26-16-3-1-2-15-18(6-7-21(35)22(15)16)34-23-20(32(9-8-27)25(34)36)12-29-24(31-23)33-13-30-17-5-4-14(11-28)10-19(17)33/h1-5,10,12-13,18,21,35H,6-7,9H2. The third-order valence-corrected chi connectivity index (χ3v) is 6.62. The average molecular weight is 480 g/mol. The highest BCUT2D eigenvalue weighted by Crippen LogP contribution is 2.40. The summed E-state index contributed by atoms with van der Waals surface area (Å²) in [5.74, 6) is -0.315. The van der Waals surface area contributed by atoms with Crippen LogP contribution in [0.2, 0.25) is 0 Å². The maximum atomic E-state index is 14.7. The Hall–Kier alpha value is -4.87. The molecule has 0 bridgehead atoms. The van der Waals surface area contributed by atoms with E-state index in [1.807, 2.05) is 6.07 Å². The molecule has 0 radical (unpaired) electrons. The lowest BCUT2D eigenvalue weighted by molar-refractivity contribution is 0.142. The molecule has 3 aromatic heterocycles. The Labute approximate surface area is 202 Å². The van der Waals surface area contributed by atoms with Gasteiger partial charge in [0.1, 0.15) is 24.2 Å². The molecule has 36 heavy (non-hydrogen) atoms. The molecule has 0 saturated heterocycles. The van der Waals surface area contributed by atoms with Gasteiger partial charge in [0.05, 0.1) is 47.1 Å². The highest BCUT2D eigenvalue weighted by Gasteiger charge is 2.33. The number of imidazole rings is 2. The minimum Gasteiger partial charge on any atom is -0.388 e. The van der Waals surface area contributed by atoms with E-state index >= 15 is 0 Å². The predicted molar refractivity (Wildman–Crippen MR) is 125 cm³/mol. The van der Waals surface area contributed by atoms with Crippen molar-refractivity contribution in [1.82, 2.24) is 28.7 Å². The molecule has 1 aliphatic rings. The van der Waals surface area contributed by atoms with Gasteiger partial charge in [-0.3, -0.25) is 13.7 Å². The van der Waals surface area contributed by atoms with E-state index in [1.165, 1.54) is 27.7 Å². The smallest absolute Gasteiger partial charge is 0.331 e. The normalized spacial score (nSPS) is 17.1. The number of aromatic nitrogens is 6. The number of halogens is 1. The molecule has 1 N–H and O–H groups in total. The third kappa shape index (κ3) is 3.11. The molecule has 2 unspecified atom stereocenters. The number of hydrogen-bond donors (Lipinski definition) is 1. The Morgan fingerprint density at radius 2 is 2.00 bits per heavy atom. The van der Waals surface area contributed by atoms with Gasteiger partial charge in [0.25, 0.3) is 0 Å². The van der Waals surface area contributed by atoms with Gasteiger partial charge in [0.15, 0.2) is 5.65 Å². The second-order valence-electron chi connectivity index (χ2n) is 8.56. The largest absolute Gasteiger partial charge is 0.388 e. The minimum absolute atomic E-state index is 0.167. The van der Waals surface area contributed by atoms with E-state index in [-0.39, 0.29) is 30.1 Å². The van der Waals surface area contributed by atoms with Gasteiger partial charge in [-0.05, 0) is 42.7 Å². The van der Waals surface area contributed by atoms with Crippen molar-refractivity contribution in [3.05, 3.63) is 81.9 Å². The number of benzene rings is 2. The van der Waals surface area contributed by atoms with Crippen LogP contribution in [0.25, 0.3) is 28.1 Å². The van der Waals surface area contributed by atoms with E-state index in [1.54, 1.807) is 34.9 Å². The summed E-state index contributed by atoms with van der Waals surface area (Å²) in [4.78, 5) is 27.0. The summed E-state index contributed by atoms with van der Waals surface area (Å²) in [6.45, 7) is -0.212. The number of nitrogens with zero attached hydrogens (tertiary/aromatic N) is 8. The molecule has 0 saturated carbocycles. The van der Waals surface area contributed by atoms with E-state index < -0.39 is 23.7 Å². The molecule has 5 aromatic rings. The van der Waals surface area contributed by atoms with Crippen LogP contribution >= 0.6 is 0 Å². The third-order valence-electron chi connectivity index (χ3n) is 6.62. The van der Waals surface area contributed by atoms with Crippen LogP contribution in [0.1, 0.15) is 41.7 Å². The molecular weight excluding hydrogens is 463 g/mol. The van der Waals surface area contributed by atoms with Crippen molar-refractivity contribution in [1.29, 1.82) is 10.5 Å². The first-order valence-electron chi connectivity index (χ1n) is 11.2. The molecule has 1 aliphatic carbocycles. The lowest BCUT2D eigenvalue weighted by Gasteiger charge is -2.29. The molecule has 2 aromatic carbocycles. The molecule has 176 valence electrons. The van der Waals surface area contributed by atoms with Gasteiger partial charge < -0.3 is 5.11 Å². The van der Waals surface area contributed by atoms with E-state index in [4.69, 9.17) is 0 Å². The zero-order valence-electron chi connectivity index (χ0n) is 18.7. The summed E-state index contributed by atoms with van der Waals surface area (Å²) < 4.78 is 19.0. The van der Waals surface area contributed by atoms with Crippen LogP contribution in [0.5, 0.6) is 0 Å². The predicted octanol–water partition coefficient (Wildman–Crippen LogP) is 2.88. The Balaban J connectivity index is 1.61. The number of nitriles is 2. The lowest BCUT2D eigenvalue weighted by atomic mass is 9.85. The SMILES string of the molecule is N#CCn1c(=O)n(C2CCC(O)c3c(F)cccc32)c2nc(-n3cnc4ccc(C#N)cc43)ncc21. The summed E-state index contributed by atoms with van der Waals surface area (Å²) >= 11 is 0. The number of fused-ring (bicyclic) bond motifs is 3. The van der Waals surface area contributed by atoms with E-state index in [0.29, 0.717) is 34.1 Å². The molecule has 0 aliphatic heterocycles. The van der Waals surface area contributed by atoms with E-state index in [0.717, 1.165) is 0 Å². The highest BCUT2D eigenvalue weighted by atomic mass is 19.1. The van der Waals surface area contributed by atoms with Gasteiger partial charge in [-0.2, -0.15) is 15.5 Å². The van der Waals surface area contributed by atoms with E-state index in [9.17, 15) is 24.8 Å².